The molecule has 0 saturated heterocycles. The second-order valence-electron chi connectivity index (χ2n) is 4.53. The third-order valence-corrected chi connectivity index (χ3v) is 2.90. The third-order valence-electron chi connectivity index (χ3n) is 2.90. The van der Waals surface area contributed by atoms with Gasteiger partial charge in [0.25, 0.3) is 0 Å². The number of phenolic OH excluding ortho intramolecular Hbond substituents is 1. The molecule has 0 amide bonds. The summed E-state index contributed by atoms with van der Waals surface area (Å²) in [5.74, 6) is -0.177. The smallest absolute Gasteiger partial charge is 0.222 e. The molecule has 0 aliphatic heterocycles. The first kappa shape index (κ1) is 13.7. The Bertz CT molecular complexity index is 810. The van der Waals surface area contributed by atoms with E-state index in [2.05, 4.69) is 20.3 Å². The van der Waals surface area contributed by atoms with Gasteiger partial charge < -0.3 is 16.2 Å². The lowest BCUT2D eigenvalue weighted by molar-refractivity contribution is 0.473. The summed E-state index contributed by atoms with van der Waals surface area (Å²) in [6.45, 7) is 0. The molecule has 1 aromatic carbocycles. The third kappa shape index (κ3) is 2.93. The highest BCUT2D eigenvalue weighted by molar-refractivity contribution is 5.68. The van der Waals surface area contributed by atoms with Crippen molar-refractivity contribution in [3.63, 3.8) is 0 Å². The lowest BCUT2D eigenvalue weighted by Crippen LogP contribution is -2.02. The van der Waals surface area contributed by atoms with Crippen LogP contribution in [0.25, 0.3) is 11.3 Å². The van der Waals surface area contributed by atoms with Gasteiger partial charge in [0.1, 0.15) is 17.4 Å². The number of nitrogen functional groups attached to an aromatic ring is 1. The van der Waals surface area contributed by atoms with E-state index in [0.717, 1.165) is 6.07 Å². The maximum absolute atomic E-state index is 13.9. The Kier molecular flexibility index (Phi) is 3.53. The van der Waals surface area contributed by atoms with E-state index >= 15 is 0 Å². The van der Waals surface area contributed by atoms with Gasteiger partial charge in [0.15, 0.2) is 0 Å². The molecular formula is C15H12FN5O. The molecule has 0 aliphatic rings. The van der Waals surface area contributed by atoms with Gasteiger partial charge in [-0.1, -0.05) is 0 Å². The van der Waals surface area contributed by atoms with Gasteiger partial charge in [-0.25, -0.2) is 9.37 Å². The quantitative estimate of drug-likeness (QED) is 0.687. The summed E-state index contributed by atoms with van der Waals surface area (Å²) in [4.78, 5) is 12.0. The van der Waals surface area contributed by atoms with E-state index in [9.17, 15) is 9.50 Å². The van der Waals surface area contributed by atoms with E-state index in [1.54, 1.807) is 30.6 Å². The molecule has 2 heterocycles. The molecule has 6 nitrogen and oxygen atoms in total. The summed E-state index contributed by atoms with van der Waals surface area (Å²) < 4.78 is 13.9. The number of nitrogens with zero attached hydrogens (tertiary/aromatic N) is 3. The second-order valence-corrected chi connectivity index (χ2v) is 4.53. The largest absolute Gasteiger partial charge is 0.508 e. The number of halogens is 1. The second kappa shape index (κ2) is 5.65. The molecule has 0 radical (unpaired) electrons. The molecule has 0 spiro atoms. The minimum absolute atomic E-state index is 0.00775. The van der Waals surface area contributed by atoms with Crippen LogP contribution in [0.5, 0.6) is 5.75 Å². The molecule has 3 rings (SSSR count). The summed E-state index contributed by atoms with van der Waals surface area (Å²) in [7, 11) is 0. The molecule has 4 N–H and O–H groups in total. The predicted molar refractivity (Wildman–Crippen MR) is 81.0 cm³/mol. The van der Waals surface area contributed by atoms with Crippen molar-refractivity contribution in [2.24, 2.45) is 0 Å². The SMILES string of the molecule is Nc1nc(Nc2cccnc2)cc(-c2cc(O)ccc2F)n1. The van der Waals surface area contributed by atoms with Crippen LogP contribution in [0.3, 0.4) is 0 Å². The highest BCUT2D eigenvalue weighted by Gasteiger charge is 2.11. The number of rotatable bonds is 3. The molecular weight excluding hydrogens is 285 g/mol. The van der Waals surface area contributed by atoms with Crippen molar-refractivity contribution in [1.82, 2.24) is 15.0 Å². The predicted octanol–water partition coefficient (Wildman–Crippen LogP) is 2.71. The summed E-state index contributed by atoms with van der Waals surface area (Å²) in [5, 5.41) is 12.5. The number of hydrogen-bond acceptors (Lipinski definition) is 6. The van der Waals surface area contributed by atoms with Crippen LogP contribution in [0.4, 0.5) is 21.8 Å². The number of benzene rings is 1. The molecule has 110 valence electrons. The minimum Gasteiger partial charge on any atom is -0.508 e. The molecule has 0 saturated carbocycles. The van der Waals surface area contributed by atoms with Gasteiger partial charge >= 0.3 is 0 Å². The summed E-state index contributed by atoms with van der Waals surface area (Å²) in [6, 6.07) is 8.82. The van der Waals surface area contributed by atoms with Crippen molar-refractivity contribution >= 4 is 17.5 Å². The van der Waals surface area contributed by atoms with Crippen LogP contribution in [0.15, 0.2) is 48.8 Å². The van der Waals surface area contributed by atoms with E-state index in [0.29, 0.717) is 11.5 Å². The van der Waals surface area contributed by atoms with Gasteiger partial charge in [0.05, 0.1) is 17.6 Å². The maximum atomic E-state index is 13.9. The Morgan fingerprint density at radius 2 is 2.00 bits per heavy atom. The molecule has 0 fully saturated rings. The van der Waals surface area contributed by atoms with E-state index in [-0.39, 0.29) is 23.0 Å². The highest BCUT2D eigenvalue weighted by atomic mass is 19.1. The van der Waals surface area contributed by atoms with Crippen LogP contribution in [-0.2, 0) is 0 Å². The van der Waals surface area contributed by atoms with E-state index in [1.165, 1.54) is 12.1 Å². The number of aromatic hydroxyl groups is 1. The zero-order chi connectivity index (χ0) is 15.5. The van der Waals surface area contributed by atoms with Crippen LogP contribution < -0.4 is 11.1 Å². The molecule has 7 heteroatoms. The van der Waals surface area contributed by atoms with Gasteiger partial charge in [0.2, 0.25) is 5.95 Å². The van der Waals surface area contributed by atoms with E-state index in [4.69, 9.17) is 5.73 Å². The number of phenols is 1. The Balaban J connectivity index is 2.01. The standard InChI is InChI=1S/C15H12FN5O/c16-12-4-3-10(22)6-11(12)13-7-14(21-15(17)20-13)19-9-2-1-5-18-8-9/h1-8,22H,(H3,17,19,20,21). The van der Waals surface area contributed by atoms with Crippen LogP contribution in [0.2, 0.25) is 0 Å². The summed E-state index contributed by atoms with van der Waals surface area (Å²) >= 11 is 0. The lowest BCUT2D eigenvalue weighted by atomic mass is 10.1. The summed E-state index contributed by atoms with van der Waals surface area (Å²) in [5.41, 5.74) is 6.80. The fourth-order valence-electron chi connectivity index (χ4n) is 1.96. The monoisotopic (exact) mass is 297 g/mol. The number of pyridine rings is 1. The van der Waals surface area contributed by atoms with Crippen molar-refractivity contribution in [3.05, 3.63) is 54.6 Å². The Morgan fingerprint density at radius 1 is 1.14 bits per heavy atom. The fourth-order valence-corrected chi connectivity index (χ4v) is 1.96. The average molecular weight is 297 g/mol. The number of hydrogen-bond donors (Lipinski definition) is 3. The molecule has 0 aliphatic carbocycles. The number of nitrogens with two attached hydrogens (primary N) is 1. The van der Waals surface area contributed by atoms with Crippen molar-refractivity contribution in [1.29, 1.82) is 0 Å². The van der Waals surface area contributed by atoms with Crippen molar-refractivity contribution < 1.29 is 9.50 Å². The minimum atomic E-state index is -0.511. The van der Waals surface area contributed by atoms with Crippen molar-refractivity contribution in [2.45, 2.75) is 0 Å². The maximum Gasteiger partial charge on any atom is 0.222 e. The molecule has 3 aromatic rings. The van der Waals surface area contributed by atoms with Gasteiger partial charge in [-0.05, 0) is 30.3 Å². The topological polar surface area (TPSA) is 97.0 Å². The van der Waals surface area contributed by atoms with E-state index in [1.807, 2.05) is 0 Å². The molecule has 0 bridgehead atoms. The highest BCUT2D eigenvalue weighted by Crippen LogP contribution is 2.27. The van der Waals surface area contributed by atoms with Gasteiger partial charge in [-0.3, -0.25) is 4.98 Å². The van der Waals surface area contributed by atoms with Gasteiger partial charge in [-0.15, -0.1) is 0 Å². The Hall–Kier alpha value is -3.22. The van der Waals surface area contributed by atoms with Crippen molar-refractivity contribution in [3.8, 4) is 17.0 Å². The Morgan fingerprint density at radius 3 is 2.77 bits per heavy atom. The van der Waals surface area contributed by atoms with Crippen LogP contribution in [0.1, 0.15) is 0 Å². The zero-order valence-electron chi connectivity index (χ0n) is 11.4. The van der Waals surface area contributed by atoms with Gasteiger partial charge in [0, 0.05) is 17.8 Å². The number of anilines is 3. The number of nitrogens with one attached hydrogen (secondary N) is 1. The first-order chi connectivity index (χ1) is 10.6. The number of aromatic nitrogens is 3. The molecule has 2 aromatic heterocycles. The fraction of sp³-hybridized carbons (Fsp3) is 0. The zero-order valence-corrected chi connectivity index (χ0v) is 11.4. The first-order valence-corrected chi connectivity index (χ1v) is 6.42. The molecule has 22 heavy (non-hydrogen) atoms. The van der Waals surface area contributed by atoms with Crippen molar-refractivity contribution in [2.75, 3.05) is 11.1 Å². The lowest BCUT2D eigenvalue weighted by Gasteiger charge is -2.09. The summed E-state index contributed by atoms with van der Waals surface area (Å²) in [6.07, 6.45) is 3.26. The molecule has 0 atom stereocenters. The van der Waals surface area contributed by atoms with Crippen LogP contribution in [0, 0.1) is 5.82 Å². The first-order valence-electron chi connectivity index (χ1n) is 6.42. The van der Waals surface area contributed by atoms with Crippen LogP contribution >= 0.6 is 0 Å². The van der Waals surface area contributed by atoms with E-state index < -0.39 is 5.82 Å². The average Bonchev–Trinajstić information content (AvgIpc) is 2.50. The normalized spacial score (nSPS) is 10.4. The van der Waals surface area contributed by atoms with Gasteiger partial charge in [-0.2, -0.15) is 4.98 Å². The molecule has 0 unspecified atom stereocenters. The Labute approximate surface area is 125 Å². The van der Waals surface area contributed by atoms with Crippen LogP contribution in [-0.4, -0.2) is 20.1 Å².